The zero-order valence-electron chi connectivity index (χ0n) is 14.6. The lowest BCUT2D eigenvalue weighted by atomic mass is 10.0. The quantitative estimate of drug-likeness (QED) is 0.646. The van der Waals surface area contributed by atoms with Crippen LogP contribution in [0.1, 0.15) is 36.1 Å². The molecule has 4 nitrogen and oxygen atoms in total. The van der Waals surface area contributed by atoms with E-state index in [0.717, 1.165) is 17.5 Å². The second-order valence-corrected chi connectivity index (χ2v) is 6.12. The first-order valence-corrected chi connectivity index (χ1v) is 8.66. The zero-order chi connectivity index (χ0) is 17.8. The lowest BCUT2D eigenvalue weighted by Gasteiger charge is -2.06. The van der Waals surface area contributed by atoms with Gasteiger partial charge in [-0.25, -0.2) is 0 Å². The Morgan fingerprint density at radius 3 is 1.64 bits per heavy atom. The fourth-order valence-electron chi connectivity index (χ4n) is 3.29. The summed E-state index contributed by atoms with van der Waals surface area (Å²) in [5, 5.41) is 0. The monoisotopic (exact) mass is 338 g/mol. The third-order valence-corrected chi connectivity index (χ3v) is 4.32. The molecule has 2 aromatic carbocycles. The fraction of sp³-hybridized carbons (Fsp3) is 0.333. The van der Waals surface area contributed by atoms with Gasteiger partial charge in [-0.1, -0.05) is 36.4 Å². The maximum absolute atomic E-state index is 11.7. The molecule has 0 radical (unpaired) electrons. The first kappa shape index (κ1) is 17.2. The van der Waals surface area contributed by atoms with Gasteiger partial charge in [0.05, 0.1) is 26.1 Å². The van der Waals surface area contributed by atoms with Crippen molar-refractivity contribution in [1.29, 1.82) is 0 Å². The summed E-state index contributed by atoms with van der Waals surface area (Å²) in [7, 11) is 0. The van der Waals surface area contributed by atoms with Crippen LogP contribution in [0.4, 0.5) is 0 Å². The number of hydrogen-bond acceptors (Lipinski definition) is 4. The zero-order valence-corrected chi connectivity index (χ0v) is 14.6. The highest BCUT2D eigenvalue weighted by molar-refractivity contribution is 5.80. The van der Waals surface area contributed by atoms with E-state index in [2.05, 4.69) is 24.3 Å². The van der Waals surface area contributed by atoms with Gasteiger partial charge in [0.2, 0.25) is 0 Å². The summed E-state index contributed by atoms with van der Waals surface area (Å²) >= 11 is 0. The predicted molar refractivity (Wildman–Crippen MR) is 95.4 cm³/mol. The van der Waals surface area contributed by atoms with Crippen LogP contribution in [0.3, 0.4) is 0 Å². The Kier molecular flexibility index (Phi) is 5.17. The first-order valence-electron chi connectivity index (χ1n) is 8.66. The number of rotatable bonds is 6. The fourth-order valence-corrected chi connectivity index (χ4v) is 3.29. The van der Waals surface area contributed by atoms with Crippen molar-refractivity contribution in [2.75, 3.05) is 13.2 Å². The van der Waals surface area contributed by atoms with Gasteiger partial charge in [0.1, 0.15) is 0 Å². The Morgan fingerprint density at radius 2 is 1.24 bits per heavy atom. The number of carbonyl (C=O) groups excluding carboxylic acids is 2. The van der Waals surface area contributed by atoms with E-state index < -0.39 is 0 Å². The Bertz CT molecular complexity index is 740. The van der Waals surface area contributed by atoms with E-state index in [-0.39, 0.29) is 11.9 Å². The average Bonchev–Trinajstić information content (AvgIpc) is 2.91. The SMILES string of the molecule is CCOC(=O)Cc1ccc2c(c1)Cc1cc(CC(=O)OCC)ccc1-2. The number of ether oxygens (including phenoxy) is 2. The minimum atomic E-state index is -0.199. The van der Waals surface area contributed by atoms with Crippen LogP contribution in [0.5, 0.6) is 0 Å². The standard InChI is InChI=1S/C21H22O4/c1-3-24-20(22)11-14-5-7-18-16(9-14)13-17-10-15(6-8-19(17)18)12-21(23)25-4-2/h5-10H,3-4,11-13H2,1-2H3. The van der Waals surface area contributed by atoms with Gasteiger partial charge >= 0.3 is 11.9 Å². The molecule has 0 aliphatic heterocycles. The summed E-state index contributed by atoms with van der Waals surface area (Å²) < 4.78 is 10.0. The highest BCUT2D eigenvalue weighted by Crippen LogP contribution is 2.37. The summed E-state index contributed by atoms with van der Waals surface area (Å²) in [6.07, 6.45) is 1.41. The summed E-state index contributed by atoms with van der Waals surface area (Å²) in [5.41, 5.74) is 6.76. The highest BCUT2D eigenvalue weighted by atomic mass is 16.5. The van der Waals surface area contributed by atoms with Crippen LogP contribution in [-0.2, 0) is 38.3 Å². The molecule has 0 fully saturated rings. The number of benzene rings is 2. The average molecular weight is 338 g/mol. The molecule has 0 spiro atoms. The van der Waals surface area contributed by atoms with Crippen molar-refractivity contribution in [3.8, 4) is 11.1 Å². The van der Waals surface area contributed by atoms with Crippen LogP contribution >= 0.6 is 0 Å². The third-order valence-electron chi connectivity index (χ3n) is 4.32. The van der Waals surface area contributed by atoms with Crippen molar-refractivity contribution in [1.82, 2.24) is 0 Å². The molecule has 0 unspecified atom stereocenters. The summed E-state index contributed by atoms with van der Waals surface area (Å²) in [5.74, 6) is -0.399. The van der Waals surface area contributed by atoms with E-state index in [4.69, 9.17) is 9.47 Å². The van der Waals surface area contributed by atoms with Crippen molar-refractivity contribution < 1.29 is 19.1 Å². The third kappa shape index (κ3) is 3.90. The molecule has 0 bridgehead atoms. The smallest absolute Gasteiger partial charge is 0.310 e. The van der Waals surface area contributed by atoms with E-state index in [0.29, 0.717) is 26.1 Å². The van der Waals surface area contributed by atoms with Crippen molar-refractivity contribution in [2.24, 2.45) is 0 Å². The molecule has 3 rings (SSSR count). The minimum Gasteiger partial charge on any atom is -0.466 e. The van der Waals surface area contributed by atoms with Crippen LogP contribution < -0.4 is 0 Å². The van der Waals surface area contributed by atoms with Crippen LogP contribution in [0, 0.1) is 0 Å². The predicted octanol–water partition coefficient (Wildman–Crippen LogP) is 3.47. The van der Waals surface area contributed by atoms with E-state index in [1.807, 2.05) is 26.0 Å². The molecule has 4 heteroatoms. The Labute approximate surface area is 147 Å². The van der Waals surface area contributed by atoms with Gasteiger partial charge < -0.3 is 9.47 Å². The molecule has 2 aromatic rings. The summed E-state index contributed by atoms with van der Waals surface area (Å²) in [6, 6.07) is 12.3. The lowest BCUT2D eigenvalue weighted by molar-refractivity contribution is -0.143. The topological polar surface area (TPSA) is 52.6 Å². The van der Waals surface area contributed by atoms with E-state index in [9.17, 15) is 9.59 Å². The van der Waals surface area contributed by atoms with E-state index >= 15 is 0 Å². The maximum atomic E-state index is 11.7. The van der Waals surface area contributed by atoms with Crippen LogP contribution in [-0.4, -0.2) is 25.2 Å². The number of hydrogen-bond donors (Lipinski definition) is 0. The molecule has 0 aromatic heterocycles. The van der Waals surface area contributed by atoms with Crippen LogP contribution in [0.15, 0.2) is 36.4 Å². The molecule has 0 atom stereocenters. The van der Waals surface area contributed by atoms with E-state index in [1.54, 1.807) is 0 Å². The van der Waals surface area contributed by atoms with Gasteiger partial charge in [0.15, 0.2) is 0 Å². The van der Waals surface area contributed by atoms with Gasteiger partial charge in [-0.05, 0) is 53.6 Å². The molecule has 0 N–H and O–H groups in total. The van der Waals surface area contributed by atoms with Crippen molar-refractivity contribution in [3.05, 3.63) is 58.7 Å². The van der Waals surface area contributed by atoms with Gasteiger partial charge in [-0.3, -0.25) is 9.59 Å². The van der Waals surface area contributed by atoms with Gasteiger partial charge in [-0.15, -0.1) is 0 Å². The molecule has 0 heterocycles. The molecule has 0 saturated heterocycles. The number of carbonyl (C=O) groups is 2. The molecule has 1 aliphatic carbocycles. The highest BCUT2D eigenvalue weighted by Gasteiger charge is 2.20. The van der Waals surface area contributed by atoms with Gasteiger partial charge in [0, 0.05) is 0 Å². The largest absolute Gasteiger partial charge is 0.466 e. The van der Waals surface area contributed by atoms with Crippen molar-refractivity contribution >= 4 is 11.9 Å². The molecular formula is C21H22O4. The number of fused-ring (bicyclic) bond motifs is 3. The van der Waals surface area contributed by atoms with Crippen molar-refractivity contribution in [2.45, 2.75) is 33.1 Å². The number of esters is 2. The van der Waals surface area contributed by atoms with Crippen LogP contribution in [0.2, 0.25) is 0 Å². The molecule has 1 aliphatic rings. The molecule has 0 saturated carbocycles. The Morgan fingerprint density at radius 1 is 0.800 bits per heavy atom. The lowest BCUT2D eigenvalue weighted by Crippen LogP contribution is -2.07. The van der Waals surface area contributed by atoms with Gasteiger partial charge in [-0.2, -0.15) is 0 Å². The van der Waals surface area contributed by atoms with E-state index in [1.165, 1.54) is 22.3 Å². The van der Waals surface area contributed by atoms with Gasteiger partial charge in [0.25, 0.3) is 0 Å². The second-order valence-electron chi connectivity index (χ2n) is 6.12. The summed E-state index contributed by atoms with van der Waals surface area (Å²) in [4.78, 5) is 23.3. The molecular weight excluding hydrogens is 316 g/mol. The normalized spacial score (nSPS) is 11.6. The maximum Gasteiger partial charge on any atom is 0.310 e. The Hall–Kier alpha value is -2.62. The Balaban J connectivity index is 1.77. The summed E-state index contributed by atoms with van der Waals surface area (Å²) in [6.45, 7) is 4.42. The van der Waals surface area contributed by atoms with Crippen LogP contribution in [0.25, 0.3) is 11.1 Å². The first-order chi connectivity index (χ1) is 12.1. The minimum absolute atomic E-state index is 0.199. The molecule has 130 valence electrons. The van der Waals surface area contributed by atoms with Crippen molar-refractivity contribution in [3.63, 3.8) is 0 Å². The molecule has 0 amide bonds. The second kappa shape index (κ2) is 7.51. The molecule has 25 heavy (non-hydrogen) atoms.